The lowest BCUT2D eigenvalue weighted by Crippen LogP contribution is -2.36. The highest BCUT2D eigenvalue weighted by molar-refractivity contribution is 6.30. The second kappa shape index (κ2) is 9.60. The lowest BCUT2D eigenvalue weighted by molar-refractivity contribution is -0.126. The number of carbonyl (C=O) groups excluding carboxylic acids is 1. The number of halogens is 1. The van der Waals surface area contributed by atoms with Crippen LogP contribution in [0.2, 0.25) is 5.02 Å². The van der Waals surface area contributed by atoms with Crippen LogP contribution in [-0.2, 0) is 4.79 Å². The second-order valence-electron chi connectivity index (χ2n) is 6.34. The number of ether oxygens (including phenoxy) is 1. The summed E-state index contributed by atoms with van der Waals surface area (Å²) in [5, 5.41) is 11.5. The Morgan fingerprint density at radius 3 is 2.54 bits per heavy atom. The number of rotatable bonds is 8. The number of aliphatic hydroxyl groups is 1. The molecule has 0 spiro atoms. The van der Waals surface area contributed by atoms with Crippen molar-refractivity contribution in [1.82, 2.24) is 0 Å². The molecule has 2 atom stereocenters. The topological polar surface area (TPSA) is 49.8 Å². The molecule has 0 radical (unpaired) electrons. The molecule has 0 bridgehead atoms. The lowest BCUT2D eigenvalue weighted by Gasteiger charge is -2.28. The van der Waals surface area contributed by atoms with E-state index in [1.165, 1.54) is 0 Å². The first-order chi connectivity index (χ1) is 12.5. The van der Waals surface area contributed by atoms with E-state index in [4.69, 9.17) is 16.3 Å². The Morgan fingerprint density at radius 1 is 1.23 bits per heavy atom. The average Bonchev–Trinajstić information content (AvgIpc) is 2.67. The Labute approximate surface area is 160 Å². The molecule has 0 fully saturated rings. The zero-order valence-corrected chi connectivity index (χ0v) is 16.2. The minimum atomic E-state index is -0.876. The van der Waals surface area contributed by atoms with Crippen LogP contribution in [0.5, 0.6) is 5.75 Å². The summed E-state index contributed by atoms with van der Waals surface area (Å²) in [6.45, 7) is 2.07. The normalized spacial score (nSPS) is 13.1. The van der Waals surface area contributed by atoms with Crippen molar-refractivity contribution >= 4 is 23.2 Å². The average molecular weight is 376 g/mol. The number of aliphatic hydroxyl groups excluding tert-OH is 1. The van der Waals surface area contributed by atoms with E-state index in [2.05, 4.69) is 6.92 Å². The summed E-state index contributed by atoms with van der Waals surface area (Å²) in [4.78, 5) is 14.7. The van der Waals surface area contributed by atoms with Crippen molar-refractivity contribution in [3.8, 4) is 5.75 Å². The summed E-state index contributed by atoms with van der Waals surface area (Å²) in [5.41, 5.74) is 1.43. The van der Waals surface area contributed by atoms with Crippen LogP contribution >= 0.6 is 11.6 Å². The fourth-order valence-electron chi connectivity index (χ4n) is 2.93. The monoisotopic (exact) mass is 375 g/mol. The maximum absolute atomic E-state index is 13.1. The van der Waals surface area contributed by atoms with Crippen molar-refractivity contribution in [2.24, 2.45) is 5.92 Å². The number of anilines is 1. The van der Waals surface area contributed by atoms with E-state index in [1.807, 2.05) is 24.3 Å². The first kappa shape index (κ1) is 20.3. The molecular weight excluding hydrogens is 350 g/mol. The number of benzene rings is 2. The lowest BCUT2D eigenvalue weighted by atomic mass is 9.89. The Bertz CT molecular complexity index is 717. The fourth-order valence-corrected chi connectivity index (χ4v) is 3.05. The number of amides is 1. The van der Waals surface area contributed by atoms with E-state index >= 15 is 0 Å². The molecule has 140 valence electrons. The van der Waals surface area contributed by atoms with Crippen LogP contribution in [0, 0.1) is 5.92 Å². The molecule has 0 saturated heterocycles. The van der Waals surface area contributed by atoms with Crippen LogP contribution < -0.4 is 9.64 Å². The van der Waals surface area contributed by atoms with Crippen molar-refractivity contribution in [2.75, 3.05) is 19.1 Å². The molecule has 2 aromatic rings. The van der Waals surface area contributed by atoms with Gasteiger partial charge in [0, 0.05) is 23.8 Å². The molecule has 2 rings (SSSR count). The quantitative estimate of drug-likeness (QED) is 0.717. The van der Waals surface area contributed by atoms with Gasteiger partial charge in [-0.05, 0) is 36.2 Å². The van der Waals surface area contributed by atoms with Crippen LogP contribution in [0.3, 0.4) is 0 Å². The predicted octanol–water partition coefficient (Wildman–Crippen LogP) is 4.85. The maximum atomic E-state index is 13.1. The Balaban J connectivity index is 2.26. The molecule has 26 heavy (non-hydrogen) atoms. The third-order valence-corrected chi connectivity index (χ3v) is 4.80. The zero-order valence-electron chi connectivity index (χ0n) is 15.5. The highest BCUT2D eigenvalue weighted by Crippen LogP contribution is 2.31. The van der Waals surface area contributed by atoms with Crippen LogP contribution in [0.1, 0.15) is 37.9 Å². The van der Waals surface area contributed by atoms with E-state index in [0.29, 0.717) is 22.8 Å². The fraction of sp³-hybridized carbons (Fsp3) is 0.381. The summed E-state index contributed by atoms with van der Waals surface area (Å²) in [7, 11) is 3.32. The standard InChI is InChI=1S/C21H26ClNO3/c1-4-5-9-19(20(24)15-10-12-16(22)13-11-15)21(25)23(2)17-7-6-8-18(14-17)26-3/h6-8,10-14,19-20,24H,4-5,9H2,1-3H3/t19-,20-/m1/s1. The van der Waals surface area contributed by atoms with Crippen molar-refractivity contribution < 1.29 is 14.6 Å². The maximum Gasteiger partial charge on any atom is 0.232 e. The van der Waals surface area contributed by atoms with Gasteiger partial charge in [-0.1, -0.05) is 49.6 Å². The molecule has 0 saturated carbocycles. The number of hydrogen-bond donors (Lipinski definition) is 1. The van der Waals surface area contributed by atoms with Crippen LogP contribution in [0.4, 0.5) is 5.69 Å². The van der Waals surface area contributed by atoms with E-state index in [9.17, 15) is 9.90 Å². The van der Waals surface area contributed by atoms with Crippen molar-refractivity contribution in [3.63, 3.8) is 0 Å². The van der Waals surface area contributed by atoms with Gasteiger partial charge in [0.1, 0.15) is 5.75 Å². The van der Waals surface area contributed by atoms with Crippen molar-refractivity contribution in [1.29, 1.82) is 0 Å². The highest BCUT2D eigenvalue weighted by atomic mass is 35.5. The first-order valence-electron chi connectivity index (χ1n) is 8.83. The van der Waals surface area contributed by atoms with E-state index in [1.54, 1.807) is 43.3 Å². The van der Waals surface area contributed by atoms with Gasteiger partial charge in [-0.25, -0.2) is 0 Å². The summed E-state index contributed by atoms with van der Waals surface area (Å²) < 4.78 is 5.24. The smallest absolute Gasteiger partial charge is 0.232 e. The summed E-state index contributed by atoms with van der Waals surface area (Å²) >= 11 is 5.93. The van der Waals surface area contributed by atoms with Gasteiger partial charge in [0.25, 0.3) is 0 Å². The molecule has 0 aliphatic rings. The van der Waals surface area contributed by atoms with Gasteiger partial charge in [-0.3, -0.25) is 4.79 Å². The molecule has 1 amide bonds. The van der Waals surface area contributed by atoms with Crippen LogP contribution in [-0.4, -0.2) is 25.2 Å². The molecule has 2 aromatic carbocycles. The van der Waals surface area contributed by atoms with E-state index < -0.39 is 12.0 Å². The van der Waals surface area contributed by atoms with Gasteiger partial charge in [-0.2, -0.15) is 0 Å². The second-order valence-corrected chi connectivity index (χ2v) is 6.78. The summed E-state index contributed by atoms with van der Waals surface area (Å²) in [6.07, 6.45) is 1.57. The third-order valence-electron chi connectivity index (χ3n) is 4.55. The Hall–Kier alpha value is -2.04. The van der Waals surface area contributed by atoms with Gasteiger partial charge in [0.05, 0.1) is 19.1 Å². The molecular formula is C21H26ClNO3. The number of methoxy groups -OCH3 is 1. The Kier molecular flexibility index (Phi) is 7.49. The summed E-state index contributed by atoms with van der Waals surface area (Å²) in [6, 6.07) is 14.3. The molecule has 1 N–H and O–H groups in total. The van der Waals surface area contributed by atoms with Gasteiger partial charge in [0.2, 0.25) is 5.91 Å². The van der Waals surface area contributed by atoms with Gasteiger partial charge < -0.3 is 14.7 Å². The van der Waals surface area contributed by atoms with Gasteiger partial charge in [-0.15, -0.1) is 0 Å². The van der Waals surface area contributed by atoms with Gasteiger partial charge in [0.15, 0.2) is 0 Å². The first-order valence-corrected chi connectivity index (χ1v) is 9.20. The van der Waals surface area contributed by atoms with Crippen molar-refractivity contribution in [3.05, 3.63) is 59.1 Å². The zero-order chi connectivity index (χ0) is 19.1. The largest absolute Gasteiger partial charge is 0.497 e. The molecule has 4 nitrogen and oxygen atoms in total. The molecule has 0 aliphatic heterocycles. The van der Waals surface area contributed by atoms with Crippen LogP contribution in [0.25, 0.3) is 0 Å². The van der Waals surface area contributed by atoms with Crippen molar-refractivity contribution in [2.45, 2.75) is 32.3 Å². The predicted molar refractivity (Wildman–Crippen MR) is 106 cm³/mol. The number of carbonyl (C=O) groups is 1. The van der Waals surface area contributed by atoms with E-state index in [-0.39, 0.29) is 5.91 Å². The number of hydrogen-bond acceptors (Lipinski definition) is 3. The van der Waals surface area contributed by atoms with E-state index in [0.717, 1.165) is 18.5 Å². The molecule has 0 unspecified atom stereocenters. The number of unbranched alkanes of at least 4 members (excludes halogenated alkanes) is 1. The summed E-state index contributed by atoms with van der Waals surface area (Å²) in [5.74, 6) is 0.0481. The van der Waals surface area contributed by atoms with Gasteiger partial charge >= 0.3 is 0 Å². The van der Waals surface area contributed by atoms with Crippen LogP contribution in [0.15, 0.2) is 48.5 Å². The molecule has 5 heteroatoms. The minimum Gasteiger partial charge on any atom is -0.497 e. The highest BCUT2D eigenvalue weighted by Gasteiger charge is 2.30. The molecule has 0 heterocycles. The molecule has 0 aliphatic carbocycles. The molecule has 0 aromatic heterocycles. The third kappa shape index (κ3) is 4.99. The minimum absolute atomic E-state index is 0.117. The Morgan fingerprint density at radius 2 is 1.92 bits per heavy atom. The number of nitrogens with zero attached hydrogens (tertiary/aromatic N) is 1. The SMILES string of the molecule is CCCC[C@@H](C(=O)N(C)c1cccc(OC)c1)[C@H](O)c1ccc(Cl)cc1.